The Balaban J connectivity index is 2.28. The van der Waals surface area contributed by atoms with Crippen molar-refractivity contribution in [2.24, 2.45) is 5.73 Å². The Morgan fingerprint density at radius 3 is 2.83 bits per heavy atom. The van der Waals surface area contributed by atoms with Crippen molar-refractivity contribution in [1.82, 2.24) is 15.0 Å². The molecule has 0 atom stereocenters. The zero-order chi connectivity index (χ0) is 12.5. The summed E-state index contributed by atoms with van der Waals surface area (Å²) in [4.78, 5) is 13.0. The van der Waals surface area contributed by atoms with Crippen LogP contribution < -0.4 is 10.5 Å². The minimum absolute atomic E-state index is 0.318. The summed E-state index contributed by atoms with van der Waals surface area (Å²) in [7, 11) is 1.65. The number of aromatic nitrogens is 3. The van der Waals surface area contributed by atoms with E-state index in [-0.39, 0.29) is 0 Å². The molecule has 1 aromatic carbocycles. The molecule has 0 aliphatic carbocycles. The third-order valence-corrected chi connectivity index (χ3v) is 2.80. The molecule has 2 heterocycles. The summed E-state index contributed by atoms with van der Waals surface area (Å²) in [5, 5.41) is 1.90. The Bertz CT molecular complexity index is 663. The number of methoxy groups -OCH3 is 1. The molecule has 0 aliphatic heterocycles. The third-order valence-electron chi connectivity index (χ3n) is 2.80. The number of fused-ring (bicyclic) bond motifs is 2. The molecule has 0 unspecified atom stereocenters. The Morgan fingerprint density at radius 2 is 2.06 bits per heavy atom. The maximum absolute atomic E-state index is 5.52. The second-order valence-electron chi connectivity index (χ2n) is 3.95. The molecule has 0 saturated carbocycles. The van der Waals surface area contributed by atoms with Crippen LogP contribution in [0.15, 0.2) is 30.5 Å². The Morgan fingerprint density at radius 1 is 1.17 bits per heavy atom. The SMILES string of the molecule is COc1ccc2nc3nc(CN)ncc3cc2c1. The van der Waals surface area contributed by atoms with E-state index in [2.05, 4.69) is 15.0 Å². The average Bonchev–Trinajstić information content (AvgIpc) is 2.43. The molecule has 2 aromatic heterocycles. The van der Waals surface area contributed by atoms with E-state index in [9.17, 15) is 0 Å². The molecule has 0 amide bonds. The van der Waals surface area contributed by atoms with Gasteiger partial charge in [0.1, 0.15) is 11.6 Å². The van der Waals surface area contributed by atoms with Gasteiger partial charge in [0, 0.05) is 17.0 Å². The van der Waals surface area contributed by atoms with Crippen LogP contribution in [0.4, 0.5) is 0 Å². The first-order valence-electron chi connectivity index (χ1n) is 5.60. The number of pyridine rings is 1. The summed E-state index contributed by atoms with van der Waals surface area (Å²) in [5.41, 5.74) is 7.07. The van der Waals surface area contributed by atoms with E-state index in [0.29, 0.717) is 18.0 Å². The molecule has 3 rings (SSSR count). The number of hydrogen-bond donors (Lipinski definition) is 1. The van der Waals surface area contributed by atoms with Crippen LogP contribution in [-0.2, 0) is 6.54 Å². The van der Waals surface area contributed by atoms with Crippen molar-refractivity contribution in [3.8, 4) is 5.75 Å². The maximum Gasteiger partial charge on any atom is 0.163 e. The normalized spacial score (nSPS) is 11.0. The van der Waals surface area contributed by atoms with Crippen LogP contribution in [0.2, 0.25) is 0 Å². The quantitative estimate of drug-likeness (QED) is 0.689. The minimum atomic E-state index is 0.318. The zero-order valence-electron chi connectivity index (χ0n) is 9.92. The summed E-state index contributed by atoms with van der Waals surface area (Å²) in [5.74, 6) is 1.41. The first-order valence-corrected chi connectivity index (χ1v) is 5.60. The molecule has 5 heteroatoms. The second-order valence-corrected chi connectivity index (χ2v) is 3.95. The lowest BCUT2D eigenvalue weighted by Gasteiger charge is -2.04. The molecule has 2 N–H and O–H groups in total. The molecule has 90 valence electrons. The number of benzene rings is 1. The fourth-order valence-electron chi connectivity index (χ4n) is 1.87. The summed E-state index contributed by atoms with van der Waals surface area (Å²) in [6, 6.07) is 7.74. The van der Waals surface area contributed by atoms with Crippen LogP contribution >= 0.6 is 0 Å². The lowest BCUT2D eigenvalue weighted by atomic mass is 10.2. The largest absolute Gasteiger partial charge is 0.497 e. The van der Waals surface area contributed by atoms with Crippen molar-refractivity contribution in [1.29, 1.82) is 0 Å². The van der Waals surface area contributed by atoms with Crippen molar-refractivity contribution in [3.05, 3.63) is 36.3 Å². The van der Waals surface area contributed by atoms with Gasteiger partial charge in [-0.25, -0.2) is 15.0 Å². The predicted molar refractivity (Wildman–Crippen MR) is 69.3 cm³/mol. The standard InChI is InChI=1S/C13H12N4O/c1-18-10-2-3-11-8(5-10)4-9-7-15-12(6-14)17-13(9)16-11/h2-5,7H,6,14H2,1H3. The van der Waals surface area contributed by atoms with Crippen LogP contribution in [0.5, 0.6) is 5.75 Å². The van der Waals surface area contributed by atoms with Crippen LogP contribution in [-0.4, -0.2) is 22.1 Å². The van der Waals surface area contributed by atoms with E-state index in [4.69, 9.17) is 10.5 Å². The number of nitrogens with zero attached hydrogens (tertiary/aromatic N) is 3. The van der Waals surface area contributed by atoms with E-state index in [1.807, 2.05) is 24.3 Å². The van der Waals surface area contributed by atoms with Gasteiger partial charge in [-0.05, 0) is 24.3 Å². The Hall–Kier alpha value is -2.27. The maximum atomic E-state index is 5.52. The van der Waals surface area contributed by atoms with Crippen molar-refractivity contribution in [2.75, 3.05) is 7.11 Å². The summed E-state index contributed by atoms with van der Waals surface area (Å²) < 4.78 is 5.20. The Kier molecular flexibility index (Phi) is 2.53. The van der Waals surface area contributed by atoms with E-state index < -0.39 is 0 Å². The topological polar surface area (TPSA) is 73.9 Å². The molecule has 0 saturated heterocycles. The smallest absolute Gasteiger partial charge is 0.163 e. The zero-order valence-corrected chi connectivity index (χ0v) is 9.92. The molecular weight excluding hydrogens is 228 g/mol. The van der Waals surface area contributed by atoms with Crippen LogP contribution in [0.25, 0.3) is 21.9 Å². The third kappa shape index (κ3) is 1.74. The summed E-state index contributed by atoms with van der Waals surface area (Å²) in [6.45, 7) is 0.318. The van der Waals surface area contributed by atoms with E-state index in [1.165, 1.54) is 0 Å². The highest BCUT2D eigenvalue weighted by Crippen LogP contribution is 2.22. The Labute approximate surface area is 104 Å². The van der Waals surface area contributed by atoms with Gasteiger partial charge in [-0.3, -0.25) is 0 Å². The van der Waals surface area contributed by atoms with Gasteiger partial charge in [0.05, 0.1) is 19.2 Å². The van der Waals surface area contributed by atoms with Gasteiger partial charge in [-0.1, -0.05) is 0 Å². The number of hydrogen-bond acceptors (Lipinski definition) is 5. The van der Waals surface area contributed by atoms with Crippen LogP contribution in [0.1, 0.15) is 5.82 Å². The molecule has 0 spiro atoms. The first kappa shape index (κ1) is 10.9. The van der Waals surface area contributed by atoms with Gasteiger partial charge >= 0.3 is 0 Å². The van der Waals surface area contributed by atoms with Gasteiger partial charge in [0.2, 0.25) is 0 Å². The van der Waals surface area contributed by atoms with Crippen molar-refractivity contribution in [2.45, 2.75) is 6.54 Å². The molecule has 0 radical (unpaired) electrons. The van der Waals surface area contributed by atoms with E-state index in [0.717, 1.165) is 22.0 Å². The van der Waals surface area contributed by atoms with E-state index in [1.54, 1.807) is 13.3 Å². The van der Waals surface area contributed by atoms with Gasteiger partial charge in [-0.2, -0.15) is 0 Å². The highest BCUT2D eigenvalue weighted by atomic mass is 16.5. The van der Waals surface area contributed by atoms with Gasteiger partial charge in [-0.15, -0.1) is 0 Å². The van der Waals surface area contributed by atoms with Gasteiger partial charge in [0.25, 0.3) is 0 Å². The molecule has 0 aliphatic rings. The summed E-state index contributed by atoms with van der Waals surface area (Å²) >= 11 is 0. The molecule has 18 heavy (non-hydrogen) atoms. The molecular formula is C13H12N4O. The van der Waals surface area contributed by atoms with E-state index >= 15 is 0 Å². The molecule has 5 nitrogen and oxygen atoms in total. The fraction of sp³-hybridized carbons (Fsp3) is 0.154. The highest BCUT2D eigenvalue weighted by molar-refractivity contribution is 5.91. The second kappa shape index (κ2) is 4.19. The minimum Gasteiger partial charge on any atom is -0.497 e. The van der Waals surface area contributed by atoms with Gasteiger partial charge in [0.15, 0.2) is 5.65 Å². The van der Waals surface area contributed by atoms with Crippen molar-refractivity contribution in [3.63, 3.8) is 0 Å². The first-order chi connectivity index (χ1) is 8.80. The fourth-order valence-corrected chi connectivity index (χ4v) is 1.87. The van der Waals surface area contributed by atoms with Crippen molar-refractivity contribution >= 4 is 21.9 Å². The van der Waals surface area contributed by atoms with Crippen LogP contribution in [0.3, 0.4) is 0 Å². The monoisotopic (exact) mass is 240 g/mol. The number of ether oxygens (including phenoxy) is 1. The highest BCUT2D eigenvalue weighted by Gasteiger charge is 2.04. The number of rotatable bonds is 2. The van der Waals surface area contributed by atoms with Crippen LogP contribution in [0, 0.1) is 0 Å². The lowest BCUT2D eigenvalue weighted by molar-refractivity contribution is 0.415. The molecule has 0 fully saturated rings. The predicted octanol–water partition coefficient (Wildman–Crippen LogP) is 1.65. The molecule has 0 bridgehead atoms. The average molecular weight is 240 g/mol. The lowest BCUT2D eigenvalue weighted by Crippen LogP contribution is -2.03. The summed E-state index contributed by atoms with van der Waals surface area (Å²) in [6.07, 6.45) is 1.75. The molecule has 3 aromatic rings. The van der Waals surface area contributed by atoms with Gasteiger partial charge < -0.3 is 10.5 Å². The van der Waals surface area contributed by atoms with Crippen molar-refractivity contribution < 1.29 is 4.74 Å². The number of nitrogens with two attached hydrogens (primary N) is 1.